The summed E-state index contributed by atoms with van der Waals surface area (Å²) in [7, 11) is -4.30. The van der Waals surface area contributed by atoms with Crippen LogP contribution in [0.15, 0.2) is 120 Å². The second kappa shape index (κ2) is 18.3. The number of rotatable bonds is 13. The number of aryl methyl sites for hydroxylation is 1. The van der Waals surface area contributed by atoms with Gasteiger partial charge in [0.25, 0.3) is 10.0 Å². The lowest BCUT2D eigenvalue weighted by molar-refractivity contribution is -0.161. The number of carbonyl (C=O) groups excluding carboxylic acids is 4. The van der Waals surface area contributed by atoms with Crippen LogP contribution < -0.4 is 15.4 Å². The number of amides is 4. The Morgan fingerprint density at radius 1 is 0.864 bits per heavy atom. The van der Waals surface area contributed by atoms with Gasteiger partial charge in [-0.15, -0.1) is 0 Å². The van der Waals surface area contributed by atoms with Gasteiger partial charge in [0.05, 0.1) is 11.1 Å². The van der Waals surface area contributed by atoms with Crippen LogP contribution in [0.3, 0.4) is 0 Å². The molecule has 6 rings (SSSR count). The standard InChI is InChI=1S/C31H33F3N2O5S.C12H12N2O3/c1-3-16-30(17-15-21-9-6-5-7-10-21)19-26(37)28(29(38)41-30)25(4-2)22-11-8-12-24(18-22)36-42(39,40)27-14-13-23(20-35-27)31(32,33)34;1-2-12(8-6-4-3-5-7-8)9(15)13-11(17)14-10(12)16/h5-14,18,20,25,36-37H,3-4,15-17,19H2,1-2H3;3-7H,2H2,1H3,(H2,13,14,15,16,17)/t25-,30-;/m1./s1. The highest BCUT2D eigenvalue weighted by Gasteiger charge is 2.50. The lowest BCUT2D eigenvalue weighted by Crippen LogP contribution is -2.64. The van der Waals surface area contributed by atoms with Gasteiger partial charge >= 0.3 is 18.2 Å². The van der Waals surface area contributed by atoms with Crippen molar-refractivity contribution in [2.75, 3.05) is 4.72 Å². The van der Waals surface area contributed by atoms with Gasteiger partial charge in [-0.3, -0.25) is 24.9 Å². The number of aliphatic hydroxyl groups is 1. The highest BCUT2D eigenvalue weighted by molar-refractivity contribution is 7.92. The largest absolute Gasteiger partial charge is 0.512 e. The first kappa shape index (κ1) is 44.1. The molecule has 3 aromatic carbocycles. The summed E-state index contributed by atoms with van der Waals surface area (Å²) in [6, 6.07) is 25.5. The van der Waals surface area contributed by atoms with Gasteiger partial charge in [-0.2, -0.15) is 21.6 Å². The SMILES string of the molecule is CCC1(c2ccccc2)C(=O)NC(=O)NC1=O.CCC[C@@]1(CCc2ccccc2)CC(O)=C([C@H](CC)c2cccc(NS(=O)(=O)c3ccc(C(F)(F)F)cn3)c2)C(=O)O1. The molecule has 2 atom stereocenters. The third-order valence-electron chi connectivity index (χ3n) is 10.4. The number of nitrogens with one attached hydrogen (secondary N) is 3. The van der Waals surface area contributed by atoms with Gasteiger partial charge in [-0.1, -0.05) is 100.0 Å². The van der Waals surface area contributed by atoms with Crippen LogP contribution >= 0.6 is 0 Å². The number of benzene rings is 3. The zero-order chi connectivity index (χ0) is 43.0. The molecule has 0 spiro atoms. The van der Waals surface area contributed by atoms with E-state index < -0.39 is 67.5 Å². The fraction of sp³-hybridized carbons (Fsp3) is 0.326. The molecule has 0 radical (unpaired) electrons. The van der Waals surface area contributed by atoms with Crippen LogP contribution in [0.5, 0.6) is 0 Å². The number of pyridine rings is 1. The van der Waals surface area contributed by atoms with E-state index in [1.165, 1.54) is 12.1 Å². The van der Waals surface area contributed by atoms with Crippen molar-refractivity contribution in [3.63, 3.8) is 0 Å². The van der Waals surface area contributed by atoms with Gasteiger partial charge in [0.15, 0.2) is 10.4 Å². The molecule has 1 fully saturated rings. The molecule has 16 heteroatoms. The number of hydrogen-bond donors (Lipinski definition) is 4. The number of anilines is 1. The van der Waals surface area contributed by atoms with Gasteiger partial charge in [-0.05, 0) is 73.1 Å². The number of hydrogen-bond acceptors (Lipinski definition) is 9. The first-order valence-electron chi connectivity index (χ1n) is 19.1. The molecule has 59 heavy (non-hydrogen) atoms. The maximum Gasteiger partial charge on any atom is 0.417 e. The topological polar surface area (TPSA) is 181 Å². The molecular formula is C43H45F3N4O8S. The third kappa shape index (κ3) is 9.99. The van der Waals surface area contributed by atoms with Crippen molar-refractivity contribution in [2.24, 2.45) is 0 Å². The molecule has 0 bridgehead atoms. The summed E-state index contributed by atoms with van der Waals surface area (Å²) in [6.45, 7) is 5.57. The molecular weight excluding hydrogens is 790 g/mol. The van der Waals surface area contributed by atoms with E-state index in [0.29, 0.717) is 55.5 Å². The summed E-state index contributed by atoms with van der Waals surface area (Å²) in [5.41, 5.74) is -0.697. The van der Waals surface area contributed by atoms with E-state index in [-0.39, 0.29) is 23.4 Å². The summed E-state index contributed by atoms with van der Waals surface area (Å²) in [4.78, 5) is 51.9. The number of sulfonamides is 1. The number of urea groups is 1. The van der Waals surface area contributed by atoms with E-state index in [2.05, 4.69) is 20.3 Å². The molecule has 1 aromatic heterocycles. The Kier molecular flexibility index (Phi) is 13.6. The normalized spacial score (nSPS) is 18.5. The number of aromatic nitrogens is 1. The van der Waals surface area contributed by atoms with Gasteiger partial charge in [-0.25, -0.2) is 14.6 Å². The Bertz CT molecular complexity index is 2280. The van der Waals surface area contributed by atoms with Crippen LogP contribution in [0.25, 0.3) is 0 Å². The Hall–Kier alpha value is -6.03. The second-order valence-corrected chi connectivity index (χ2v) is 15.9. The summed E-state index contributed by atoms with van der Waals surface area (Å²) in [5, 5.41) is 14.9. The minimum absolute atomic E-state index is 0.0421. The quantitative estimate of drug-likeness (QED) is 0.0766. The lowest BCUT2D eigenvalue weighted by atomic mass is 9.75. The van der Waals surface area contributed by atoms with Crippen LogP contribution in [0, 0.1) is 0 Å². The molecule has 4 aromatic rings. The Balaban J connectivity index is 0.000000323. The van der Waals surface area contributed by atoms with Crippen molar-refractivity contribution < 1.29 is 50.6 Å². The number of carbonyl (C=O) groups is 4. The zero-order valence-electron chi connectivity index (χ0n) is 32.6. The maximum atomic E-state index is 13.4. The minimum atomic E-state index is -4.65. The van der Waals surface area contributed by atoms with E-state index in [4.69, 9.17) is 4.74 Å². The summed E-state index contributed by atoms with van der Waals surface area (Å²) in [5.74, 6) is -2.37. The number of alkyl halides is 3. The minimum Gasteiger partial charge on any atom is -0.512 e. The number of cyclic esters (lactones) is 1. The average Bonchev–Trinajstić information content (AvgIpc) is 3.19. The number of halogens is 3. The number of ether oxygens (including phenoxy) is 1. The van der Waals surface area contributed by atoms with Crippen LogP contribution in [0.4, 0.5) is 23.7 Å². The molecule has 1 saturated heterocycles. The Morgan fingerprint density at radius 2 is 1.51 bits per heavy atom. The van der Waals surface area contributed by atoms with Gasteiger partial charge in [0.1, 0.15) is 11.4 Å². The van der Waals surface area contributed by atoms with Gasteiger partial charge in [0.2, 0.25) is 11.8 Å². The van der Waals surface area contributed by atoms with Crippen molar-refractivity contribution in [3.8, 4) is 0 Å². The summed E-state index contributed by atoms with van der Waals surface area (Å²) >= 11 is 0. The van der Waals surface area contributed by atoms with Gasteiger partial charge < -0.3 is 9.84 Å². The fourth-order valence-corrected chi connectivity index (χ4v) is 8.41. The van der Waals surface area contributed by atoms with E-state index in [9.17, 15) is 45.9 Å². The second-order valence-electron chi connectivity index (χ2n) is 14.3. The van der Waals surface area contributed by atoms with Crippen molar-refractivity contribution in [1.82, 2.24) is 15.6 Å². The molecule has 0 aliphatic carbocycles. The average molecular weight is 835 g/mol. The number of imide groups is 2. The van der Waals surface area contributed by atoms with E-state index in [1.807, 2.05) is 44.2 Å². The van der Waals surface area contributed by atoms with Crippen molar-refractivity contribution in [2.45, 2.75) is 93.9 Å². The van der Waals surface area contributed by atoms with Crippen LogP contribution in [-0.4, -0.2) is 47.9 Å². The third-order valence-corrected chi connectivity index (χ3v) is 11.7. The molecule has 0 unspecified atom stereocenters. The molecule has 12 nitrogen and oxygen atoms in total. The first-order valence-corrected chi connectivity index (χ1v) is 20.5. The molecule has 4 N–H and O–H groups in total. The molecule has 3 heterocycles. The van der Waals surface area contributed by atoms with Crippen molar-refractivity contribution in [1.29, 1.82) is 0 Å². The summed E-state index contributed by atoms with van der Waals surface area (Å²) in [6.07, 6.45) is -0.711. The first-order chi connectivity index (χ1) is 28.0. The number of esters is 1. The molecule has 2 aliphatic rings. The number of nitrogens with zero attached hydrogens (tertiary/aromatic N) is 1. The highest BCUT2D eigenvalue weighted by Crippen LogP contribution is 2.42. The smallest absolute Gasteiger partial charge is 0.417 e. The fourth-order valence-electron chi connectivity index (χ4n) is 7.43. The predicted octanol–water partition coefficient (Wildman–Crippen LogP) is 8.03. The lowest BCUT2D eigenvalue weighted by Gasteiger charge is -2.38. The van der Waals surface area contributed by atoms with Crippen LogP contribution in [0.2, 0.25) is 0 Å². The maximum absolute atomic E-state index is 13.4. The van der Waals surface area contributed by atoms with Crippen molar-refractivity contribution in [3.05, 3.63) is 137 Å². The number of aliphatic hydroxyl groups excluding tert-OH is 1. The van der Waals surface area contributed by atoms with Crippen LogP contribution in [-0.2, 0) is 47.2 Å². The Labute approximate surface area is 340 Å². The molecule has 0 saturated carbocycles. The van der Waals surface area contributed by atoms with E-state index >= 15 is 0 Å². The van der Waals surface area contributed by atoms with Gasteiger partial charge in [0, 0.05) is 24.2 Å². The molecule has 4 amide bonds. The predicted molar refractivity (Wildman–Crippen MR) is 212 cm³/mol. The molecule has 2 aliphatic heterocycles. The summed E-state index contributed by atoms with van der Waals surface area (Å²) < 4.78 is 72.6. The molecule has 312 valence electrons. The zero-order valence-corrected chi connectivity index (χ0v) is 33.5. The van der Waals surface area contributed by atoms with E-state index in [1.54, 1.807) is 49.4 Å². The van der Waals surface area contributed by atoms with E-state index in [0.717, 1.165) is 18.1 Å². The monoisotopic (exact) mass is 834 g/mol. The Morgan fingerprint density at radius 3 is 2.05 bits per heavy atom. The highest BCUT2D eigenvalue weighted by atomic mass is 32.2. The van der Waals surface area contributed by atoms with Crippen LogP contribution in [0.1, 0.15) is 87.5 Å². The van der Waals surface area contributed by atoms with Crippen molar-refractivity contribution >= 4 is 39.5 Å². The number of barbiturate groups is 1.